The van der Waals surface area contributed by atoms with Crippen LogP contribution in [0.3, 0.4) is 0 Å². The van der Waals surface area contributed by atoms with Gasteiger partial charge in [-0.05, 0) is 36.3 Å². The molecule has 0 saturated carbocycles. The molecule has 5 nitrogen and oxygen atoms in total. The second-order valence-corrected chi connectivity index (χ2v) is 7.67. The maximum Gasteiger partial charge on any atom is 0.257 e. The number of benzene rings is 1. The Labute approximate surface area is 153 Å². The van der Waals surface area contributed by atoms with Gasteiger partial charge in [-0.15, -0.1) is 0 Å². The number of likely N-dealkylation sites (tertiary alicyclic amines) is 2. The minimum atomic E-state index is -0.0777. The summed E-state index contributed by atoms with van der Waals surface area (Å²) in [5.41, 5.74) is 1.80. The van der Waals surface area contributed by atoms with Gasteiger partial charge in [0.1, 0.15) is 6.26 Å². The first-order valence-electron chi connectivity index (χ1n) is 9.19. The summed E-state index contributed by atoms with van der Waals surface area (Å²) in [5, 5.41) is 0. The van der Waals surface area contributed by atoms with Crippen molar-refractivity contribution in [1.29, 1.82) is 0 Å². The van der Waals surface area contributed by atoms with Crippen LogP contribution in [-0.2, 0) is 4.79 Å². The van der Waals surface area contributed by atoms with Crippen LogP contribution in [0.5, 0.6) is 0 Å². The quantitative estimate of drug-likeness (QED) is 0.834. The Balaban J connectivity index is 1.49. The molecular formula is C21H24N2O3. The summed E-state index contributed by atoms with van der Waals surface area (Å²) < 4.78 is 5.03. The third kappa shape index (κ3) is 3.02. The number of hydrogen-bond acceptors (Lipinski definition) is 3. The first-order chi connectivity index (χ1) is 12.6. The molecule has 0 aliphatic carbocycles. The van der Waals surface area contributed by atoms with Crippen LogP contribution in [0.15, 0.2) is 53.3 Å². The van der Waals surface area contributed by atoms with E-state index >= 15 is 0 Å². The Morgan fingerprint density at radius 3 is 2.54 bits per heavy atom. The average molecular weight is 352 g/mol. The van der Waals surface area contributed by atoms with Gasteiger partial charge in [-0.25, -0.2) is 0 Å². The van der Waals surface area contributed by atoms with Crippen LogP contribution in [0.25, 0.3) is 0 Å². The van der Waals surface area contributed by atoms with Gasteiger partial charge in [-0.3, -0.25) is 9.59 Å². The summed E-state index contributed by atoms with van der Waals surface area (Å²) in [6, 6.07) is 11.8. The smallest absolute Gasteiger partial charge is 0.257 e. The number of carbonyl (C=O) groups excluding carboxylic acids is 2. The van der Waals surface area contributed by atoms with Crippen molar-refractivity contribution in [2.75, 3.05) is 26.7 Å². The van der Waals surface area contributed by atoms with Crippen molar-refractivity contribution in [2.24, 2.45) is 5.41 Å². The number of likely N-dealkylation sites (N-methyl/N-ethyl adjacent to an activating group) is 1. The number of nitrogens with zero attached hydrogens (tertiary/aromatic N) is 2. The lowest BCUT2D eigenvalue weighted by atomic mass is 9.67. The molecule has 4 rings (SSSR count). The van der Waals surface area contributed by atoms with Gasteiger partial charge in [-0.1, -0.05) is 30.3 Å². The number of piperidine rings is 2. The van der Waals surface area contributed by atoms with Gasteiger partial charge in [-0.2, -0.15) is 0 Å². The van der Waals surface area contributed by atoms with Gasteiger partial charge in [0.05, 0.1) is 17.7 Å². The molecule has 1 spiro atoms. The highest BCUT2D eigenvalue weighted by molar-refractivity contribution is 5.93. The van der Waals surface area contributed by atoms with E-state index in [-0.39, 0.29) is 23.1 Å². The third-order valence-electron chi connectivity index (χ3n) is 5.97. The van der Waals surface area contributed by atoms with Crippen molar-refractivity contribution in [3.8, 4) is 0 Å². The zero-order valence-corrected chi connectivity index (χ0v) is 15.1. The minimum absolute atomic E-state index is 0.0356. The zero-order valence-electron chi connectivity index (χ0n) is 15.1. The van der Waals surface area contributed by atoms with Gasteiger partial charge in [0, 0.05) is 26.7 Å². The van der Waals surface area contributed by atoms with Crippen LogP contribution < -0.4 is 0 Å². The van der Waals surface area contributed by atoms with Crippen molar-refractivity contribution in [2.45, 2.75) is 25.2 Å². The highest BCUT2D eigenvalue weighted by Gasteiger charge is 2.45. The lowest BCUT2D eigenvalue weighted by Gasteiger charge is -2.49. The average Bonchev–Trinajstić information content (AvgIpc) is 3.20. The molecule has 1 aromatic heterocycles. The molecule has 0 bridgehead atoms. The van der Waals surface area contributed by atoms with Crippen molar-refractivity contribution >= 4 is 11.8 Å². The van der Waals surface area contributed by atoms with E-state index in [1.165, 1.54) is 12.5 Å². The molecule has 26 heavy (non-hydrogen) atoms. The van der Waals surface area contributed by atoms with E-state index in [0.717, 1.165) is 44.5 Å². The molecule has 5 heteroatoms. The Hall–Kier alpha value is -2.56. The molecule has 2 aromatic rings. The second-order valence-electron chi connectivity index (χ2n) is 7.67. The van der Waals surface area contributed by atoms with Gasteiger partial charge in [0.15, 0.2) is 0 Å². The first kappa shape index (κ1) is 16.9. The summed E-state index contributed by atoms with van der Waals surface area (Å²) in [5.74, 6) is 0.165. The molecule has 0 radical (unpaired) electrons. The van der Waals surface area contributed by atoms with E-state index in [1.807, 2.05) is 47.2 Å². The zero-order chi connectivity index (χ0) is 18.1. The highest BCUT2D eigenvalue weighted by Crippen LogP contribution is 2.45. The highest BCUT2D eigenvalue weighted by atomic mass is 16.3. The van der Waals surface area contributed by atoms with Gasteiger partial charge in [0.25, 0.3) is 5.91 Å². The number of hydrogen-bond donors (Lipinski definition) is 0. The first-order valence-corrected chi connectivity index (χ1v) is 9.19. The predicted octanol–water partition coefficient (Wildman–Crippen LogP) is 3.15. The van der Waals surface area contributed by atoms with E-state index in [4.69, 9.17) is 4.42 Å². The maximum atomic E-state index is 12.7. The lowest BCUT2D eigenvalue weighted by molar-refractivity contribution is -0.139. The largest absolute Gasteiger partial charge is 0.472 e. The number of carbonyl (C=O) groups is 2. The monoisotopic (exact) mass is 352 g/mol. The molecule has 3 heterocycles. The third-order valence-corrected chi connectivity index (χ3v) is 5.97. The topological polar surface area (TPSA) is 53.8 Å². The fraction of sp³-hybridized carbons (Fsp3) is 0.429. The van der Waals surface area contributed by atoms with Crippen molar-refractivity contribution in [1.82, 2.24) is 9.80 Å². The number of rotatable bonds is 2. The van der Waals surface area contributed by atoms with Crippen LogP contribution in [0.1, 0.15) is 41.1 Å². The molecule has 0 N–H and O–H groups in total. The van der Waals surface area contributed by atoms with E-state index in [9.17, 15) is 9.59 Å². The normalized spacial score (nSPS) is 22.7. The summed E-state index contributed by atoms with van der Waals surface area (Å²) in [4.78, 5) is 29.1. The number of amides is 2. The Morgan fingerprint density at radius 2 is 1.88 bits per heavy atom. The van der Waals surface area contributed by atoms with Crippen LogP contribution in [0.4, 0.5) is 0 Å². The van der Waals surface area contributed by atoms with Crippen LogP contribution in [0, 0.1) is 5.41 Å². The molecular weight excluding hydrogens is 328 g/mol. The van der Waals surface area contributed by atoms with E-state index < -0.39 is 0 Å². The second kappa shape index (κ2) is 6.63. The van der Waals surface area contributed by atoms with Crippen molar-refractivity contribution in [3.63, 3.8) is 0 Å². The molecule has 2 fully saturated rings. The molecule has 1 aromatic carbocycles. The standard InChI is InChI=1S/C21H24N2O3/c1-22-15-21(13-18(20(22)25)16-5-3-2-4-6-16)8-10-23(11-9-21)19(24)17-7-12-26-14-17/h2-7,12,14,18H,8-11,13,15H2,1H3/t18-/m1/s1. The summed E-state index contributed by atoms with van der Waals surface area (Å²) in [6.45, 7) is 2.24. The van der Waals surface area contributed by atoms with E-state index in [1.54, 1.807) is 6.07 Å². The maximum absolute atomic E-state index is 12.7. The molecule has 2 aliphatic rings. The van der Waals surface area contributed by atoms with E-state index in [0.29, 0.717) is 5.56 Å². The summed E-state index contributed by atoms with van der Waals surface area (Å²) >= 11 is 0. The van der Waals surface area contributed by atoms with Gasteiger partial charge < -0.3 is 14.2 Å². The van der Waals surface area contributed by atoms with Crippen molar-refractivity contribution in [3.05, 3.63) is 60.1 Å². The van der Waals surface area contributed by atoms with Crippen molar-refractivity contribution < 1.29 is 14.0 Å². The minimum Gasteiger partial charge on any atom is -0.472 e. The molecule has 2 aliphatic heterocycles. The van der Waals surface area contributed by atoms with Crippen LogP contribution >= 0.6 is 0 Å². The van der Waals surface area contributed by atoms with Gasteiger partial charge in [0.2, 0.25) is 5.91 Å². The molecule has 1 atom stereocenters. The Bertz CT molecular complexity index is 777. The van der Waals surface area contributed by atoms with Crippen LogP contribution in [0.2, 0.25) is 0 Å². The fourth-order valence-corrected chi connectivity index (χ4v) is 4.49. The summed E-state index contributed by atoms with van der Waals surface area (Å²) in [7, 11) is 1.90. The van der Waals surface area contributed by atoms with E-state index in [2.05, 4.69) is 0 Å². The number of furan rings is 1. The fourth-order valence-electron chi connectivity index (χ4n) is 4.49. The SMILES string of the molecule is CN1CC2(CCN(C(=O)c3ccoc3)CC2)C[C@H](c2ccccc2)C1=O. The summed E-state index contributed by atoms with van der Waals surface area (Å²) in [6.07, 6.45) is 5.76. The Morgan fingerprint density at radius 1 is 1.15 bits per heavy atom. The molecule has 136 valence electrons. The molecule has 2 amide bonds. The molecule has 0 unspecified atom stereocenters. The Kier molecular flexibility index (Phi) is 4.31. The van der Waals surface area contributed by atoms with Gasteiger partial charge >= 0.3 is 0 Å². The molecule has 2 saturated heterocycles. The lowest BCUT2D eigenvalue weighted by Crippen LogP contribution is -2.53. The van der Waals surface area contributed by atoms with Crippen LogP contribution in [-0.4, -0.2) is 48.3 Å². The predicted molar refractivity (Wildman–Crippen MR) is 97.7 cm³/mol.